The lowest BCUT2D eigenvalue weighted by atomic mass is 10.2. The van der Waals surface area contributed by atoms with Gasteiger partial charge in [0.25, 0.3) is 10.0 Å². The maximum absolute atomic E-state index is 12.3. The van der Waals surface area contributed by atoms with Gasteiger partial charge in [-0.05, 0) is 30.7 Å². The number of nitrogens with one attached hydrogen (secondary N) is 1. The van der Waals surface area contributed by atoms with E-state index in [4.69, 9.17) is 0 Å². The molecule has 0 spiro atoms. The quantitative estimate of drug-likeness (QED) is 0.661. The molecule has 8 nitrogen and oxygen atoms in total. The van der Waals surface area contributed by atoms with Gasteiger partial charge in [-0.3, -0.25) is 4.79 Å². The van der Waals surface area contributed by atoms with Crippen LogP contribution in [0.25, 0.3) is 0 Å². The normalized spacial score (nSPS) is 14.6. The Morgan fingerprint density at radius 3 is 2.96 bits per heavy atom. The number of carbonyl (C=O) groups excluding carboxylic acids is 1. The summed E-state index contributed by atoms with van der Waals surface area (Å²) >= 11 is 1.20. The standard InChI is InChI=1S/C18H27N5O3S2/c1-22(28(25,26)18-9-6-14-27-18)12-5-8-17(24)19-11-10-16-21-20-15-7-3-2-4-13-23(15)16/h6,9,14H,2-5,7-8,10-13H2,1H3,(H,19,24). The van der Waals surface area contributed by atoms with Gasteiger partial charge in [-0.1, -0.05) is 12.5 Å². The summed E-state index contributed by atoms with van der Waals surface area (Å²) in [6.07, 6.45) is 5.93. The van der Waals surface area contributed by atoms with E-state index in [0.29, 0.717) is 36.6 Å². The molecule has 0 aromatic carbocycles. The predicted molar refractivity (Wildman–Crippen MR) is 108 cm³/mol. The summed E-state index contributed by atoms with van der Waals surface area (Å²) in [5.41, 5.74) is 0. The number of rotatable bonds is 9. The number of hydrogen-bond donors (Lipinski definition) is 1. The Bertz CT molecular complexity index is 877. The van der Waals surface area contributed by atoms with E-state index in [-0.39, 0.29) is 5.91 Å². The Balaban J connectivity index is 1.38. The zero-order valence-corrected chi connectivity index (χ0v) is 17.8. The van der Waals surface area contributed by atoms with Crippen molar-refractivity contribution >= 4 is 27.3 Å². The van der Waals surface area contributed by atoms with Crippen molar-refractivity contribution in [3.05, 3.63) is 29.2 Å². The van der Waals surface area contributed by atoms with Crippen molar-refractivity contribution in [2.75, 3.05) is 20.1 Å². The Morgan fingerprint density at radius 2 is 2.18 bits per heavy atom. The molecule has 3 heterocycles. The van der Waals surface area contributed by atoms with Gasteiger partial charge in [-0.2, -0.15) is 0 Å². The predicted octanol–water partition coefficient (Wildman–Crippen LogP) is 1.83. The lowest BCUT2D eigenvalue weighted by Crippen LogP contribution is -2.30. The SMILES string of the molecule is CN(CCCC(=O)NCCc1nnc2n1CCCCC2)S(=O)(=O)c1cccs1. The van der Waals surface area contributed by atoms with Gasteiger partial charge >= 0.3 is 0 Å². The molecule has 10 heteroatoms. The van der Waals surface area contributed by atoms with Crippen molar-refractivity contribution < 1.29 is 13.2 Å². The van der Waals surface area contributed by atoms with Crippen LogP contribution in [-0.2, 0) is 34.2 Å². The lowest BCUT2D eigenvalue weighted by molar-refractivity contribution is -0.121. The molecule has 0 unspecified atom stereocenters. The third-order valence-electron chi connectivity index (χ3n) is 4.89. The first-order chi connectivity index (χ1) is 13.5. The van der Waals surface area contributed by atoms with Crippen LogP contribution in [0.4, 0.5) is 0 Å². The summed E-state index contributed by atoms with van der Waals surface area (Å²) in [5, 5.41) is 13.2. The number of sulfonamides is 1. The van der Waals surface area contributed by atoms with Gasteiger partial charge in [0, 0.05) is 45.9 Å². The van der Waals surface area contributed by atoms with Crippen LogP contribution < -0.4 is 5.32 Å². The Morgan fingerprint density at radius 1 is 1.32 bits per heavy atom. The average Bonchev–Trinajstić information content (AvgIpc) is 3.28. The maximum Gasteiger partial charge on any atom is 0.252 e. The molecular formula is C18H27N5O3S2. The highest BCUT2D eigenvalue weighted by Gasteiger charge is 2.21. The summed E-state index contributed by atoms with van der Waals surface area (Å²) in [5.74, 6) is 1.91. The first-order valence-corrected chi connectivity index (χ1v) is 12.0. The van der Waals surface area contributed by atoms with Gasteiger partial charge in [-0.25, -0.2) is 12.7 Å². The smallest absolute Gasteiger partial charge is 0.252 e. The third kappa shape index (κ3) is 5.18. The summed E-state index contributed by atoms with van der Waals surface area (Å²) in [6, 6.07) is 3.31. The van der Waals surface area contributed by atoms with E-state index in [1.165, 1.54) is 22.1 Å². The van der Waals surface area contributed by atoms with Crippen molar-refractivity contribution in [3.63, 3.8) is 0 Å². The van der Waals surface area contributed by atoms with Crippen LogP contribution in [0.5, 0.6) is 0 Å². The van der Waals surface area contributed by atoms with Crippen LogP contribution in [0.2, 0.25) is 0 Å². The van der Waals surface area contributed by atoms with Gasteiger partial charge in [0.05, 0.1) is 0 Å². The Labute approximate surface area is 170 Å². The zero-order valence-electron chi connectivity index (χ0n) is 16.1. The van der Waals surface area contributed by atoms with Crippen LogP contribution in [0, 0.1) is 0 Å². The van der Waals surface area contributed by atoms with Crippen LogP contribution in [0.1, 0.15) is 43.8 Å². The number of amides is 1. The minimum absolute atomic E-state index is 0.0717. The number of nitrogens with zero attached hydrogens (tertiary/aromatic N) is 4. The molecular weight excluding hydrogens is 398 g/mol. The molecule has 0 bridgehead atoms. The van der Waals surface area contributed by atoms with E-state index in [0.717, 1.165) is 37.5 Å². The Hall–Kier alpha value is -1.78. The van der Waals surface area contributed by atoms with Gasteiger partial charge < -0.3 is 9.88 Å². The zero-order chi connectivity index (χ0) is 20.0. The summed E-state index contributed by atoms with van der Waals surface area (Å²) in [4.78, 5) is 12.1. The molecule has 2 aromatic heterocycles. The van der Waals surface area contributed by atoms with Crippen LogP contribution >= 0.6 is 11.3 Å². The molecule has 0 fully saturated rings. The van der Waals surface area contributed by atoms with Gasteiger partial charge in [0.1, 0.15) is 15.9 Å². The molecule has 28 heavy (non-hydrogen) atoms. The van der Waals surface area contributed by atoms with Gasteiger partial charge in [0.2, 0.25) is 5.91 Å². The molecule has 1 aliphatic rings. The number of aromatic nitrogens is 3. The molecule has 1 amide bonds. The summed E-state index contributed by atoms with van der Waals surface area (Å²) in [7, 11) is -1.90. The highest BCUT2D eigenvalue weighted by molar-refractivity contribution is 7.91. The number of carbonyl (C=O) groups is 1. The molecule has 3 rings (SSSR count). The van der Waals surface area contributed by atoms with Gasteiger partial charge in [0.15, 0.2) is 0 Å². The van der Waals surface area contributed by atoms with E-state index in [1.807, 2.05) is 0 Å². The van der Waals surface area contributed by atoms with Crippen LogP contribution in [-0.4, -0.2) is 53.5 Å². The second kappa shape index (κ2) is 9.62. The lowest BCUT2D eigenvalue weighted by Gasteiger charge is -2.15. The first-order valence-electron chi connectivity index (χ1n) is 9.66. The maximum atomic E-state index is 12.3. The van der Waals surface area contributed by atoms with E-state index in [9.17, 15) is 13.2 Å². The molecule has 1 aliphatic heterocycles. The van der Waals surface area contributed by atoms with E-state index in [1.54, 1.807) is 24.6 Å². The number of aryl methyl sites for hydroxylation is 1. The van der Waals surface area contributed by atoms with Crippen LogP contribution in [0.15, 0.2) is 21.7 Å². The van der Waals surface area contributed by atoms with Crippen molar-refractivity contribution in [1.29, 1.82) is 0 Å². The average molecular weight is 426 g/mol. The highest BCUT2D eigenvalue weighted by Crippen LogP contribution is 2.20. The monoisotopic (exact) mass is 425 g/mol. The second-order valence-corrected chi connectivity index (χ2v) is 10.2. The molecule has 0 atom stereocenters. The molecule has 0 radical (unpaired) electrons. The molecule has 154 valence electrons. The van der Waals surface area contributed by atoms with Gasteiger partial charge in [-0.15, -0.1) is 21.5 Å². The molecule has 2 aromatic rings. The second-order valence-electron chi connectivity index (χ2n) is 6.96. The van der Waals surface area contributed by atoms with E-state index >= 15 is 0 Å². The number of fused-ring (bicyclic) bond motifs is 1. The van der Waals surface area contributed by atoms with Crippen molar-refractivity contribution in [2.45, 2.75) is 55.7 Å². The topological polar surface area (TPSA) is 97.2 Å². The molecule has 1 N–H and O–H groups in total. The van der Waals surface area contributed by atoms with E-state index in [2.05, 4.69) is 20.1 Å². The Kier molecular flexibility index (Phi) is 7.19. The van der Waals surface area contributed by atoms with Crippen molar-refractivity contribution in [3.8, 4) is 0 Å². The van der Waals surface area contributed by atoms with E-state index < -0.39 is 10.0 Å². The third-order valence-corrected chi connectivity index (χ3v) is 8.12. The minimum Gasteiger partial charge on any atom is -0.356 e. The number of thiophene rings is 1. The minimum atomic E-state index is -3.45. The fourth-order valence-electron chi connectivity index (χ4n) is 3.28. The summed E-state index contributed by atoms with van der Waals surface area (Å²) < 4.78 is 28.5. The number of hydrogen-bond acceptors (Lipinski definition) is 6. The molecule has 0 saturated heterocycles. The highest BCUT2D eigenvalue weighted by atomic mass is 32.2. The largest absolute Gasteiger partial charge is 0.356 e. The van der Waals surface area contributed by atoms with Crippen molar-refractivity contribution in [2.24, 2.45) is 0 Å². The molecule has 0 saturated carbocycles. The molecule has 0 aliphatic carbocycles. The first kappa shape index (κ1) is 20.9. The fraction of sp³-hybridized carbons (Fsp3) is 0.611. The fourth-order valence-corrected chi connectivity index (χ4v) is 5.69. The van der Waals surface area contributed by atoms with Crippen LogP contribution in [0.3, 0.4) is 0 Å². The summed E-state index contributed by atoms with van der Waals surface area (Å²) in [6.45, 7) is 1.78. The van der Waals surface area contributed by atoms with Crippen molar-refractivity contribution in [1.82, 2.24) is 24.4 Å².